The molecule has 0 saturated heterocycles. The molecule has 0 spiro atoms. The topological polar surface area (TPSA) is 96.7 Å². The number of nitrogens with zero attached hydrogens (tertiary/aromatic N) is 2. The van der Waals surface area contributed by atoms with Crippen molar-refractivity contribution in [1.82, 2.24) is 9.78 Å². The molecule has 9 heteroatoms. The fourth-order valence-electron chi connectivity index (χ4n) is 1.77. The summed E-state index contributed by atoms with van der Waals surface area (Å²) in [5.74, 6) is -2.02. The number of esters is 3. The van der Waals surface area contributed by atoms with Gasteiger partial charge in [-0.3, -0.25) is 4.79 Å². The molecule has 24 heavy (non-hydrogen) atoms. The highest BCUT2D eigenvalue weighted by molar-refractivity contribution is 9.10. The third-order valence-electron chi connectivity index (χ3n) is 2.53. The third-order valence-corrected chi connectivity index (χ3v) is 3.28. The zero-order chi connectivity index (χ0) is 18.5. The van der Waals surface area contributed by atoms with Crippen LogP contribution in [0.4, 0.5) is 0 Å². The summed E-state index contributed by atoms with van der Waals surface area (Å²) in [4.78, 5) is 36.1. The average Bonchev–Trinajstić information content (AvgIpc) is 2.73. The van der Waals surface area contributed by atoms with E-state index in [-0.39, 0.29) is 35.6 Å². The number of rotatable bonds is 6. The van der Waals surface area contributed by atoms with Crippen molar-refractivity contribution in [3.8, 4) is 0 Å². The lowest BCUT2D eigenvalue weighted by Gasteiger charge is -2.19. The van der Waals surface area contributed by atoms with Gasteiger partial charge in [0, 0.05) is 0 Å². The van der Waals surface area contributed by atoms with Crippen LogP contribution in [0.3, 0.4) is 0 Å². The van der Waals surface area contributed by atoms with Crippen molar-refractivity contribution in [1.29, 1.82) is 0 Å². The van der Waals surface area contributed by atoms with Gasteiger partial charge >= 0.3 is 17.9 Å². The standard InChI is InChI=1S/C15H21BrN2O6/c1-6-22-13(20)11-10(16)12(14(21)23-7-2)18(17-11)8-9(19)24-15(3,4)5/h6-8H2,1-5H3. The van der Waals surface area contributed by atoms with Gasteiger partial charge in [0.05, 0.1) is 17.7 Å². The number of aromatic nitrogens is 2. The number of carbonyl (C=O) groups excluding carboxylic acids is 3. The van der Waals surface area contributed by atoms with Crippen LogP contribution in [0, 0.1) is 0 Å². The van der Waals surface area contributed by atoms with Crippen LogP contribution in [-0.2, 0) is 25.5 Å². The Morgan fingerprint density at radius 2 is 1.62 bits per heavy atom. The predicted molar refractivity (Wildman–Crippen MR) is 87.7 cm³/mol. The highest BCUT2D eigenvalue weighted by Crippen LogP contribution is 2.24. The molecular formula is C15H21BrN2O6. The molecule has 0 aliphatic carbocycles. The molecule has 0 aliphatic heterocycles. The maximum atomic E-state index is 12.1. The van der Waals surface area contributed by atoms with Crippen LogP contribution in [0.15, 0.2) is 4.47 Å². The van der Waals surface area contributed by atoms with E-state index < -0.39 is 23.5 Å². The molecule has 1 aromatic heterocycles. The van der Waals surface area contributed by atoms with Crippen molar-refractivity contribution in [2.75, 3.05) is 13.2 Å². The predicted octanol–water partition coefficient (Wildman–Crippen LogP) is 2.34. The lowest BCUT2D eigenvalue weighted by molar-refractivity contribution is -0.155. The first-order valence-electron chi connectivity index (χ1n) is 7.43. The largest absolute Gasteiger partial charge is 0.461 e. The molecule has 0 unspecified atom stereocenters. The Bertz CT molecular complexity index is 633. The van der Waals surface area contributed by atoms with Gasteiger partial charge < -0.3 is 14.2 Å². The number of carbonyl (C=O) groups is 3. The summed E-state index contributed by atoms with van der Waals surface area (Å²) >= 11 is 3.16. The molecule has 0 bridgehead atoms. The number of halogens is 1. The van der Waals surface area contributed by atoms with Gasteiger partial charge in [-0.15, -0.1) is 0 Å². The number of ether oxygens (including phenoxy) is 3. The summed E-state index contributed by atoms with van der Waals surface area (Å²) in [5, 5.41) is 4.00. The highest BCUT2D eigenvalue weighted by Gasteiger charge is 2.29. The molecule has 0 radical (unpaired) electrons. The van der Waals surface area contributed by atoms with Crippen molar-refractivity contribution in [2.24, 2.45) is 0 Å². The van der Waals surface area contributed by atoms with Gasteiger partial charge in [0.2, 0.25) is 0 Å². The van der Waals surface area contributed by atoms with E-state index in [2.05, 4.69) is 21.0 Å². The van der Waals surface area contributed by atoms with Crippen LogP contribution in [0.1, 0.15) is 55.6 Å². The van der Waals surface area contributed by atoms with Crippen LogP contribution < -0.4 is 0 Å². The summed E-state index contributed by atoms with van der Waals surface area (Å²) in [6.07, 6.45) is 0. The molecule has 0 fully saturated rings. The lowest BCUT2D eigenvalue weighted by Crippen LogP contribution is -2.28. The van der Waals surface area contributed by atoms with Crippen LogP contribution in [0.5, 0.6) is 0 Å². The van der Waals surface area contributed by atoms with Crippen molar-refractivity contribution < 1.29 is 28.6 Å². The van der Waals surface area contributed by atoms with Crippen LogP contribution in [-0.4, -0.2) is 46.5 Å². The first-order chi connectivity index (χ1) is 11.1. The summed E-state index contributed by atoms with van der Waals surface area (Å²) in [7, 11) is 0. The SMILES string of the molecule is CCOC(=O)c1nn(CC(=O)OC(C)(C)C)c(C(=O)OCC)c1Br. The fourth-order valence-corrected chi connectivity index (χ4v) is 2.38. The molecule has 0 aliphatic rings. The zero-order valence-electron chi connectivity index (χ0n) is 14.3. The van der Waals surface area contributed by atoms with E-state index >= 15 is 0 Å². The van der Waals surface area contributed by atoms with Gasteiger partial charge in [0.15, 0.2) is 11.4 Å². The molecule has 0 N–H and O–H groups in total. The smallest absolute Gasteiger partial charge is 0.360 e. The number of hydrogen-bond donors (Lipinski definition) is 0. The Kier molecular flexibility index (Phi) is 6.94. The van der Waals surface area contributed by atoms with Gasteiger partial charge in [0.1, 0.15) is 12.1 Å². The Labute approximate surface area is 148 Å². The Balaban J connectivity index is 3.21. The Hall–Kier alpha value is -1.90. The highest BCUT2D eigenvalue weighted by atomic mass is 79.9. The third kappa shape index (κ3) is 5.33. The molecule has 1 heterocycles. The molecule has 134 valence electrons. The first kappa shape index (κ1) is 20.1. The second-order valence-corrected chi connectivity index (χ2v) is 6.49. The van der Waals surface area contributed by atoms with Crippen molar-refractivity contribution in [3.05, 3.63) is 15.9 Å². The molecule has 1 rings (SSSR count). The van der Waals surface area contributed by atoms with E-state index in [1.54, 1.807) is 34.6 Å². The van der Waals surface area contributed by atoms with Gasteiger partial charge in [-0.2, -0.15) is 5.10 Å². The molecule has 0 amide bonds. The van der Waals surface area contributed by atoms with Gasteiger partial charge in [-0.05, 0) is 50.5 Å². The maximum absolute atomic E-state index is 12.1. The van der Waals surface area contributed by atoms with Gasteiger partial charge in [-0.25, -0.2) is 14.3 Å². The second kappa shape index (κ2) is 8.27. The summed E-state index contributed by atoms with van der Waals surface area (Å²) in [5.41, 5.74) is -0.843. The van der Waals surface area contributed by atoms with E-state index in [4.69, 9.17) is 14.2 Å². The van der Waals surface area contributed by atoms with Crippen LogP contribution in [0.25, 0.3) is 0 Å². The quantitative estimate of drug-likeness (QED) is 0.529. The molecule has 0 saturated carbocycles. The Morgan fingerprint density at radius 3 is 2.12 bits per heavy atom. The molecule has 1 aromatic rings. The van der Waals surface area contributed by atoms with Crippen molar-refractivity contribution in [2.45, 2.75) is 46.8 Å². The molecule has 0 atom stereocenters. The first-order valence-corrected chi connectivity index (χ1v) is 8.22. The van der Waals surface area contributed by atoms with Crippen LogP contribution >= 0.6 is 15.9 Å². The van der Waals surface area contributed by atoms with Gasteiger partial charge in [0.25, 0.3) is 0 Å². The summed E-state index contributed by atoms with van der Waals surface area (Å²) in [6, 6.07) is 0. The minimum atomic E-state index is -0.712. The van der Waals surface area contributed by atoms with E-state index in [1.165, 1.54) is 0 Å². The van der Waals surface area contributed by atoms with E-state index in [0.717, 1.165) is 4.68 Å². The zero-order valence-corrected chi connectivity index (χ0v) is 15.9. The summed E-state index contributed by atoms with van der Waals surface area (Å²) < 4.78 is 16.2. The van der Waals surface area contributed by atoms with Crippen LogP contribution in [0.2, 0.25) is 0 Å². The second-order valence-electron chi connectivity index (χ2n) is 5.70. The monoisotopic (exact) mass is 404 g/mol. The fraction of sp³-hybridized carbons (Fsp3) is 0.600. The van der Waals surface area contributed by atoms with Crippen molar-refractivity contribution >= 4 is 33.8 Å². The van der Waals surface area contributed by atoms with E-state index in [0.29, 0.717) is 0 Å². The van der Waals surface area contributed by atoms with E-state index in [9.17, 15) is 14.4 Å². The lowest BCUT2D eigenvalue weighted by atomic mass is 10.2. The molecular weight excluding hydrogens is 384 g/mol. The summed E-state index contributed by atoms with van der Waals surface area (Å²) in [6.45, 7) is 8.41. The molecule has 0 aromatic carbocycles. The minimum absolute atomic E-state index is 0.0502. The Morgan fingerprint density at radius 1 is 1.08 bits per heavy atom. The van der Waals surface area contributed by atoms with Crippen molar-refractivity contribution in [3.63, 3.8) is 0 Å². The normalized spacial score (nSPS) is 11.1. The average molecular weight is 405 g/mol. The maximum Gasteiger partial charge on any atom is 0.360 e. The minimum Gasteiger partial charge on any atom is -0.461 e. The van der Waals surface area contributed by atoms with E-state index in [1.807, 2.05) is 0 Å². The van der Waals surface area contributed by atoms with Gasteiger partial charge in [-0.1, -0.05) is 0 Å². The molecule has 8 nitrogen and oxygen atoms in total. The number of hydrogen-bond acceptors (Lipinski definition) is 7.